The van der Waals surface area contributed by atoms with E-state index in [4.69, 9.17) is 5.11 Å². The van der Waals surface area contributed by atoms with Crippen molar-refractivity contribution < 1.29 is 34.2 Å². The summed E-state index contributed by atoms with van der Waals surface area (Å²) in [6.07, 6.45) is 20.4. The second kappa shape index (κ2) is 23.1. The Morgan fingerprint density at radius 1 is 0.659 bits per heavy atom. The topological polar surface area (TPSA) is 150 Å². The second-order valence-electron chi connectivity index (χ2n) is 12.0. The zero-order valence-corrected chi connectivity index (χ0v) is 25.4. The third-order valence-corrected chi connectivity index (χ3v) is 8.25. The highest BCUT2D eigenvalue weighted by Gasteiger charge is 2.29. The van der Waals surface area contributed by atoms with Crippen molar-refractivity contribution in [1.29, 1.82) is 0 Å². The Balaban J connectivity index is 1.96. The van der Waals surface area contributed by atoms with Crippen molar-refractivity contribution in [3.05, 3.63) is 0 Å². The Kier molecular flexibility index (Phi) is 20.7. The van der Waals surface area contributed by atoms with Gasteiger partial charge in [0.25, 0.3) is 0 Å². The normalized spacial score (nSPS) is 17.5. The number of carboxylic acid groups (broad SMARTS) is 2. The van der Waals surface area contributed by atoms with Crippen LogP contribution in [0.5, 0.6) is 0 Å². The van der Waals surface area contributed by atoms with Crippen LogP contribution < -0.4 is 10.6 Å². The van der Waals surface area contributed by atoms with E-state index >= 15 is 0 Å². The summed E-state index contributed by atoms with van der Waals surface area (Å²) in [6.45, 7) is 2.04. The number of rotatable bonds is 25. The van der Waals surface area contributed by atoms with E-state index in [2.05, 4.69) is 10.6 Å². The molecule has 0 unspecified atom stereocenters. The van der Waals surface area contributed by atoms with Crippen LogP contribution in [-0.4, -0.2) is 52.3 Å². The molecule has 9 nitrogen and oxygen atoms in total. The maximum atomic E-state index is 12.5. The molecule has 1 aliphatic rings. The highest BCUT2D eigenvalue weighted by atomic mass is 16.4. The molecule has 1 rings (SSSR count). The van der Waals surface area contributed by atoms with Gasteiger partial charge in [-0.3, -0.25) is 14.4 Å². The molecule has 1 saturated carbocycles. The van der Waals surface area contributed by atoms with E-state index in [0.717, 1.165) is 44.9 Å². The Morgan fingerprint density at radius 3 is 1.56 bits per heavy atom. The molecule has 4 N–H and O–H groups in total. The summed E-state index contributed by atoms with van der Waals surface area (Å²) < 4.78 is 0. The number of aliphatic carboxylic acids is 2. The summed E-state index contributed by atoms with van der Waals surface area (Å²) in [7, 11) is 0. The zero-order valence-electron chi connectivity index (χ0n) is 25.4. The van der Waals surface area contributed by atoms with E-state index < -0.39 is 18.0 Å². The molecule has 0 aliphatic heterocycles. The van der Waals surface area contributed by atoms with Gasteiger partial charge in [0.2, 0.25) is 11.8 Å². The molecule has 0 radical (unpaired) electrons. The Morgan fingerprint density at radius 2 is 1.12 bits per heavy atom. The zero-order chi connectivity index (χ0) is 30.3. The van der Waals surface area contributed by atoms with E-state index in [1.54, 1.807) is 0 Å². The van der Waals surface area contributed by atoms with Crippen LogP contribution in [0.3, 0.4) is 0 Å². The van der Waals surface area contributed by atoms with Crippen LogP contribution in [0.2, 0.25) is 0 Å². The quantitative estimate of drug-likeness (QED) is 0.0943. The largest absolute Gasteiger partial charge is 0.481 e. The fourth-order valence-electron chi connectivity index (χ4n) is 5.55. The lowest BCUT2D eigenvalue weighted by Gasteiger charge is -2.28. The molecule has 2 amide bonds. The molecule has 41 heavy (non-hydrogen) atoms. The van der Waals surface area contributed by atoms with Crippen LogP contribution in [-0.2, 0) is 24.0 Å². The molecule has 0 spiro atoms. The smallest absolute Gasteiger partial charge is 0.326 e. The third kappa shape index (κ3) is 20.1. The van der Waals surface area contributed by atoms with Crippen LogP contribution in [0.25, 0.3) is 0 Å². The number of ketones is 1. The predicted octanol–water partition coefficient (Wildman–Crippen LogP) is 6.17. The van der Waals surface area contributed by atoms with Gasteiger partial charge in [0.1, 0.15) is 11.8 Å². The van der Waals surface area contributed by atoms with Gasteiger partial charge >= 0.3 is 11.9 Å². The lowest BCUT2D eigenvalue weighted by molar-refractivity contribution is -0.143. The third-order valence-electron chi connectivity index (χ3n) is 8.25. The van der Waals surface area contributed by atoms with Gasteiger partial charge in [0.05, 0.1) is 0 Å². The predicted molar refractivity (Wildman–Crippen MR) is 159 cm³/mol. The van der Waals surface area contributed by atoms with Gasteiger partial charge in [-0.1, -0.05) is 77.0 Å². The number of Topliss-reactive ketones (excluding diaryl/α,β-unsaturated/α-hetero) is 1. The number of nitrogens with one attached hydrogen (secondary N) is 2. The summed E-state index contributed by atoms with van der Waals surface area (Å²) in [6, 6.07) is -1.03. The maximum Gasteiger partial charge on any atom is 0.326 e. The highest BCUT2D eigenvalue weighted by molar-refractivity contribution is 5.85. The summed E-state index contributed by atoms with van der Waals surface area (Å²) in [4.78, 5) is 57.8. The number of carbonyl (C=O) groups excluding carboxylic acids is 3. The average molecular weight is 581 g/mol. The highest BCUT2D eigenvalue weighted by Crippen LogP contribution is 2.28. The molecule has 1 atom stereocenters. The summed E-state index contributed by atoms with van der Waals surface area (Å²) >= 11 is 0. The molecule has 0 aromatic rings. The number of carboxylic acids is 2. The van der Waals surface area contributed by atoms with Crippen LogP contribution in [0.1, 0.15) is 148 Å². The molecule has 1 fully saturated rings. The van der Waals surface area contributed by atoms with Crippen molar-refractivity contribution in [3.8, 4) is 0 Å². The van der Waals surface area contributed by atoms with Crippen molar-refractivity contribution in [1.82, 2.24) is 10.6 Å². The lowest BCUT2D eigenvalue weighted by Crippen LogP contribution is -2.44. The molecule has 236 valence electrons. The fourth-order valence-corrected chi connectivity index (χ4v) is 5.55. The molecule has 0 aromatic carbocycles. The number of amides is 2. The van der Waals surface area contributed by atoms with E-state index in [-0.39, 0.29) is 36.4 Å². The minimum absolute atomic E-state index is 0.0952. The Bertz CT molecular complexity index is 778. The van der Waals surface area contributed by atoms with Crippen molar-refractivity contribution in [2.24, 2.45) is 11.8 Å². The van der Waals surface area contributed by atoms with Crippen molar-refractivity contribution in [2.75, 3.05) is 6.54 Å². The molecular weight excluding hydrogens is 524 g/mol. The van der Waals surface area contributed by atoms with Crippen LogP contribution in [0, 0.1) is 11.8 Å². The van der Waals surface area contributed by atoms with Crippen LogP contribution in [0.4, 0.5) is 0 Å². The van der Waals surface area contributed by atoms with Gasteiger partial charge in [-0.2, -0.15) is 0 Å². The van der Waals surface area contributed by atoms with E-state index in [1.807, 2.05) is 0 Å². The van der Waals surface area contributed by atoms with Gasteiger partial charge in [-0.25, -0.2) is 4.79 Å². The van der Waals surface area contributed by atoms with Crippen molar-refractivity contribution in [2.45, 2.75) is 154 Å². The first-order chi connectivity index (χ1) is 19.7. The standard InChI is InChI=1S/C32H56N2O7/c1-25(35)18-23-28(32(40)41)34-31(39)27-21-19-26(20-22-27)24-33-29(36)16-14-12-10-8-6-4-2-3-5-7-9-11-13-15-17-30(37)38/h26-28H,2-24H2,1H3,(H,33,36)(H,34,39)(H,37,38)(H,40,41)/t26?,27?,28-/m0/s1. The second-order valence-corrected chi connectivity index (χ2v) is 12.0. The van der Waals surface area contributed by atoms with Gasteiger partial charge in [0.15, 0.2) is 0 Å². The van der Waals surface area contributed by atoms with E-state index in [1.165, 1.54) is 64.7 Å². The molecule has 0 bridgehead atoms. The van der Waals surface area contributed by atoms with Gasteiger partial charge in [-0.15, -0.1) is 0 Å². The minimum atomic E-state index is -1.11. The number of hydrogen-bond acceptors (Lipinski definition) is 5. The molecule has 0 saturated heterocycles. The fraction of sp³-hybridized carbons (Fsp3) is 0.844. The van der Waals surface area contributed by atoms with Gasteiger partial charge in [0, 0.05) is 31.7 Å². The van der Waals surface area contributed by atoms with Gasteiger partial charge in [-0.05, 0) is 57.8 Å². The molecule has 1 aliphatic carbocycles. The first kappa shape index (κ1) is 36.6. The molecule has 0 heterocycles. The first-order valence-electron chi connectivity index (χ1n) is 16.2. The number of hydrogen-bond donors (Lipinski definition) is 4. The average Bonchev–Trinajstić information content (AvgIpc) is 2.93. The van der Waals surface area contributed by atoms with Gasteiger partial charge < -0.3 is 25.6 Å². The molecule has 0 aromatic heterocycles. The van der Waals surface area contributed by atoms with Crippen molar-refractivity contribution in [3.63, 3.8) is 0 Å². The lowest BCUT2D eigenvalue weighted by atomic mass is 9.81. The first-order valence-corrected chi connectivity index (χ1v) is 16.2. The molecule has 9 heteroatoms. The summed E-state index contributed by atoms with van der Waals surface area (Å²) in [5.74, 6) is -1.92. The monoisotopic (exact) mass is 580 g/mol. The maximum absolute atomic E-state index is 12.5. The Labute approximate surface area is 247 Å². The number of unbranched alkanes of at least 4 members (excludes halogenated alkanes) is 13. The van der Waals surface area contributed by atoms with E-state index in [0.29, 0.717) is 38.1 Å². The summed E-state index contributed by atoms with van der Waals surface area (Å²) in [5.41, 5.74) is 0. The van der Waals surface area contributed by atoms with E-state index in [9.17, 15) is 29.1 Å². The van der Waals surface area contributed by atoms with Crippen LogP contribution in [0.15, 0.2) is 0 Å². The minimum Gasteiger partial charge on any atom is -0.481 e. The number of carbonyl (C=O) groups is 5. The summed E-state index contributed by atoms with van der Waals surface area (Å²) in [5, 5.41) is 23.6. The van der Waals surface area contributed by atoms with Crippen molar-refractivity contribution >= 4 is 29.5 Å². The Hall–Kier alpha value is -2.45. The SMILES string of the molecule is CC(=O)CC[C@H](NC(=O)C1CCC(CNC(=O)CCCCCCCCCCCCCCCCC(=O)O)CC1)C(=O)O. The van der Waals surface area contributed by atoms with Crippen LogP contribution >= 0.6 is 0 Å². The molecular formula is C32H56N2O7.